The SMILES string of the molecule is Cc1ccc(Nc2cc3c(cc2-c2cc(-n4c5ccccc5c5ccccc54)c4c5ccccc5n5c4c2[B]c2cc(C)ccc2-5)oc2ccccc23)cc1. The number of nitrogens with one attached hydrogen (secondary N) is 1. The van der Waals surface area contributed by atoms with Crippen molar-refractivity contribution in [2.45, 2.75) is 13.8 Å². The van der Waals surface area contributed by atoms with Gasteiger partial charge < -0.3 is 18.9 Å². The van der Waals surface area contributed by atoms with Gasteiger partial charge in [0.2, 0.25) is 0 Å². The fourth-order valence-corrected chi connectivity index (χ4v) is 9.18. The quantitative estimate of drug-likeness (QED) is 0.185. The number of aryl methyl sites for hydroxylation is 2. The number of benzene rings is 8. The molecule has 3 aromatic heterocycles. The zero-order valence-corrected chi connectivity index (χ0v) is 30.4. The Bertz CT molecular complexity index is 3350. The van der Waals surface area contributed by atoms with E-state index in [9.17, 15) is 0 Å². The molecular formula is C50H33BN3O. The Morgan fingerprint density at radius 2 is 1.13 bits per heavy atom. The first-order chi connectivity index (χ1) is 27.1. The van der Waals surface area contributed by atoms with Crippen LogP contribution in [0.2, 0.25) is 0 Å². The number of hydrogen-bond donors (Lipinski definition) is 1. The molecule has 1 aliphatic heterocycles. The van der Waals surface area contributed by atoms with E-state index in [-0.39, 0.29) is 0 Å². The predicted molar refractivity (Wildman–Crippen MR) is 232 cm³/mol. The molecule has 11 aromatic rings. The van der Waals surface area contributed by atoms with E-state index in [4.69, 9.17) is 4.42 Å². The summed E-state index contributed by atoms with van der Waals surface area (Å²) in [6.45, 7) is 4.31. The topological polar surface area (TPSA) is 35.0 Å². The number of nitrogens with zero attached hydrogens (tertiary/aromatic N) is 2. The lowest BCUT2D eigenvalue weighted by atomic mass is 9.58. The van der Waals surface area contributed by atoms with Crippen LogP contribution in [0.15, 0.2) is 162 Å². The van der Waals surface area contributed by atoms with Crippen molar-refractivity contribution in [3.8, 4) is 22.5 Å². The molecule has 4 nitrogen and oxygen atoms in total. The first kappa shape index (κ1) is 30.5. The molecule has 4 heterocycles. The Labute approximate surface area is 318 Å². The Balaban J connectivity index is 1.27. The molecule has 0 saturated carbocycles. The molecular weight excluding hydrogens is 669 g/mol. The molecule has 1 aliphatic rings. The third-order valence-electron chi connectivity index (χ3n) is 11.6. The van der Waals surface area contributed by atoms with E-state index < -0.39 is 0 Å². The largest absolute Gasteiger partial charge is 0.456 e. The lowest BCUT2D eigenvalue weighted by molar-refractivity contribution is 0.669. The molecule has 0 saturated heterocycles. The van der Waals surface area contributed by atoms with Crippen LogP contribution in [0, 0.1) is 13.8 Å². The Kier molecular flexibility index (Phi) is 6.24. The van der Waals surface area contributed by atoms with Crippen molar-refractivity contribution in [2.24, 2.45) is 0 Å². The van der Waals surface area contributed by atoms with Crippen molar-refractivity contribution in [1.29, 1.82) is 0 Å². The first-order valence-corrected chi connectivity index (χ1v) is 18.9. The van der Waals surface area contributed by atoms with Crippen LogP contribution in [0.5, 0.6) is 0 Å². The van der Waals surface area contributed by atoms with Gasteiger partial charge in [-0.05, 0) is 85.5 Å². The van der Waals surface area contributed by atoms with Crippen LogP contribution < -0.4 is 16.2 Å². The summed E-state index contributed by atoms with van der Waals surface area (Å²) >= 11 is 0. The summed E-state index contributed by atoms with van der Waals surface area (Å²) in [6.07, 6.45) is 0. The van der Waals surface area contributed by atoms with Crippen LogP contribution in [0.4, 0.5) is 11.4 Å². The van der Waals surface area contributed by atoms with Gasteiger partial charge in [0.1, 0.15) is 11.2 Å². The number of hydrogen-bond acceptors (Lipinski definition) is 2. The highest BCUT2D eigenvalue weighted by Gasteiger charge is 2.30. The molecule has 257 valence electrons. The Hall–Kier alpha value is -6.98. The Morgan fingerprint density at radius 3 is 1.87 bits per heavy atom. The highest BCUT2D eigenvalue weighted by Crippen LogP contribution is 2.45. The van der Waals surface area contributed by atoms with E-state index in [1.165, 1.54) is 71.4 Å². The average molecular weight is 703 g/mol. The Morgan fingerprint density at radius 1 is 0.491 bits per heavy atom. The molecule has 12 rings (SSSR count). The second-order valence-electron chi connectivity index (χ2n) is 15.0. The minimum absolute atomic E-state index is 0.865. The van der Waals surface area contributed by atoms with E-state index in [2.05, 4.69) is 187 Å². The highest BCUT2D eigenvalue weighted by atomic mass is 16.3. The summed E-state index contributed by atoms with van der Waals surface area (Å²) in [5.41, 5.74) is 18.0. The highest BCUT2D eigenvalue weighted by molar-refractivity contribution is 6.73. The van der Waals surface area contributed by atoms with Crippen LogP contribution in [-0.2, 0) is 0 Å². The van der Waals surface area contributed by atoms with Crippen molar-refractivity contribution < 1.29 is 4.42 Å². The minimum Gasteiger partial charge on any atom is -0.456 e. The molecule has 0 bridgehead atoms. The monoisotopic (exact) mass is 702 g/mol. The molecule has 0 aliphatic carbocycles. The molecule has 1 N–H and O–H groups in total. The summed E-state index contributed by atoms with van der Waals surface area (Å²) in [5, 5.41) is 11.0. The number of furan rings is 1. The van der Waals surface area contributed by atoms with Crippen molar-refractivity contribution in [1.82, 2.24) is 9.13 Å². The first-order valence-electron chi connectivity index (χ1n) is 18.9. The molecule has 8 aromatic carbocycles. The molecule has 5 heteroatoms. The average Bonchev–Trinajstić information content (AvgIpc) is 3.87. The van der Waals surface area contributed by atoms with Crippen molar-refractivity contribution in [2.75, 3.05) is 5.32 Å². The van der Waals surface area contributed by atoms with Gasteiger partial charge in [0.15, 0.2) is 7.28 Å². The van der Waals surface area contributed by atoms with Gasteiger partial charge in [0, 0.05) is 54.9 Å². The van der Waals surface area contributed by atoms with Gasteiger partial charge in [-0.25, -0.2) is 0 Å². The maximum atomic E-state index is 6.62. The number of rotatable bonds is 4. The maximum absolute atomic E-state index is 6.62. The smallest absolute Gasteiger partial charge is 0.197 e. The van der Waals surface area contributed by atoms with Crippen LogP contribution in [-0.4, -0.2) is 16.4 Å². The van der Waals surface area contributed by atoms with Crippen LogP contribution in [0.3, 0.4) is 0 Å². The normalized spacial score (nSPS) is 12.3. The van der Waals surface area contributed by atoms with Crippen LogP contribution in [0.25, 0.3) is 88.1 Å². The van der Waals surface area contributed by atoms with E-state index in [0.717, 1.165) is 50.1 Å². The van der Waals surface area contributed by atoms with Crippen LogP contribution >= 0.6 is 0 Å². The van der Waals surface area contributed by atoms with Crippen LogP contribution in [0.1, 0.15) is 11.1 Å². The number of fused-ring (bicyclic) bond motifs is 11. The third kappa shape index (κ3) is 4.35. The zero-order valence-electron chi connectivity index (χ0n) is 30.4. The lowest BCUT2D eigenvalue weighted by Crippen LogP contribution is -2.37. The maximum Gasteiger partial charge on any atom is 0.197 e. The van der Waals surface area contributed by atoms with Gasteiger partial charge in [-0.15, -0.1) is 0 Å². The van der Waals surface area contributed by atoms with Gasteiger partial charge in [0.25, 0.3) is 0 Å². The number of aromatic nitrogens is 2. The fraction of sp³-hybridized carbons (Fsp3) is 0.0400. The second-order valence-corrected chi connectivity index (χ2v) is 15.0. The van der Waals surface area contributed by atoms with Crippen molar-refractivity contribution in [3.05, 3.63) is 169 Å². The summed E-state index contributed by atoms with van der Waals surface area (Å²) < 4.78 is 11.6. The molecule has 0 atom stereocenters. The predicted octanol–water partition coefficient (Wildman–Crippen LogP) is 11.8. The molecule has 0 spiro atoms. The standard InChI is InChI=1S/C50H33BN3O/c1-29-19-22-31(23-20-29)52-40-26-37-34-13-6-10-18-46(34)55-47(37)28-36(40)38-27-45(53-41-15-7-3-11-32(41)33-12-4-8-16-42(33)53)48-35-14-5-9-17-43(35)54-44-24-21-30(2)25-39(44)51-49(38)50(48)54/h3-28,52H,1-2H3. The summed E-state index contributed by atoms with van der Waals surface area (Å²) in [5.74, 6) is 0. The van der Waals surface area contributed by atoms with Gasteiger partial charge in [0.05, 0.1) is 27.8 Å². The summed E-state index contributed by atoms with van der Waals surface area (Å²) in [7, 11) is 2.41. The van der Waals surface area contributed by atoms with Gasteiger partial charge in [-0.2, -0.15) is 0 Å². The van der Waals surface area contributed by atoms with Gasteiger partial charge >= 0.3 is 0 Å². The fourth-order valence-electron chi connectivity index (χ4n) is 9.18. The summed E-state index contributed by atoms with van der Waals surface area (Å²) in [4.78, 5) is 0. The van der Waals surface area contributed by atoms with Gasteiger partial charge in [-0.1, -0.05) is 114 Å². The lowest BCUT2D eigenvalue weighted by Gasteiger charge is -2.25. The minimum atomic E-state index is 0.865. The van der Waals surface area contributed by atoms with E-state index >= 15 is 0 Å². The molecule has 1 radical (unpaired) electrons. The molecule has 0 fully saturated rings. The van der Waals surface area contributed by atoms with Crippen molar-refractivity contribution >= 4 is 95.1 Å². The number of anilines is 2. The molecule has 0 amide bonds. The van der Waals surface area contributed by atoms with Gasteiger partial charge in [-0.3, -0.25) is 0 Å². The number of para-hydroxylation sites is 4. The van der Waals surface area contributed by atoms with E-state index in [1.807, 2.05) is 6.07 Å². The molecule has 0 unspecified atom stereocenters. The van der Waals surface area contributed by atoms with Crippen molar-refractivity contribution in [3.63, 3.8) is 0 Å². The van der Waals surface area contributed by atoms with E-state index in [0.29, 0.717) is 0 Å². The molecule has 55 heavy (non-hydrogen) atoms. The van der Waals surface area contributed by atoms with E-state index in [1.54, 1.807) is 0 Å². The summed E-state index contributed by atoms with van der Waals surface area (Å²) in [6, 6.07) is 57.3. The zero-order chi connectivity index (χ0) is 36.4. The second kappa shape index (κ2) is 11.3. The third-order valence-corrected chi connectivity index (χ3v) is 11.6.